The Balaban J connectivity index is 1.91. The molecular formula is C15H24N2O3S. The maximum absolute atomic E-state index is 12.2. The van der Waals surface area contributed by atoms with Crippen LogP contribution in [0.5, 0.6) is 0 Å². The molecule has 5 nitrogen and oxygen atoms in total. The molecule has 1 fully saturated rings. The highest BCUT2D eigenvalue weighted by Crippen LogP contribution is 2.15. The van der Waals surface area contributed by atoms with Gasteiger partial charge in [-0.15, -0.1) is 0 Å². The summed E-state index contributed by atoms with van der Waals surface area (Å²) >= 11 is 0. The minimum atomic E-state index is -3.42. The Morgan fingerprint density at radius 3 is 2.67 bits per heavy atom. The molecule has 1 aliphatic heterocycles. The number of hydrogen-bond acceptors (Lipinski definition) is 4. The third kappa shape index (κ3) is 5.07. The molecule has 0 radical (unpaired) electrons. The highest BCUT2D eigenvalue weighted by molar-refractivity contribution is 7.89. The third-order valence-corrected chi connectivity index (χ3v) is 5.07. The van der Waals surface area contributed by atoms with Crippen molar-refractivity contribution in [1.29, 1.82) is 0 Å². The van der Waals surface area contributed by atoms with Crippen molar-refractivity contribution in [3.05, 3.63) is 29.8 Å². The lowest BCUT2D eigenvalue weighted by Crippen LogP contribution is -2.33. The molecule has 1 aromatic rings. The number of ether oxygens (including phenoxy) is 1. The summed E-state index contributed by atoms with van der Waals surface area (Å²) in [6.07, 6.45) is 2.02. The molecule has 1 heterocycles. The van der Waals surface area contributed by atoms with Gasteiger partial charge < -0.3 is 10.1 Å². The van der Waals surface area contributed by atoms with Crippen molar-refractivity contribution in [3.63, 3.8) is 0 Å². The van der Waals surface area contributed by atoms with E-state index in [1.807, 2.05) is 19.1 Å². The summed E-state index contributed by atoms with van der Waals surface area (Å²) in [5.41, 5.74) is 1.08. The average molecular weight is 312 g/mol. The number of sulfonamides is 1. The molecule has 1 saturated heterocycles. The lowest BCUT2D eigenvalue weighted by atomic mass is 10.0. The van der Waals surface area contributed by atoms with E-state index in [4.69, 9.17) is 4.74 Å². The van der Waals surface area contributed by atoms with E-state index >= 15 is 0 Å². The van der Waals surface area contributed by atoms with Crippen molar-refractivity contribution >= 4 is 10.0 Å². The Bertz CT molecular complexity index is 522. The standard InChI is InChI=1S/C15H24N2O3S/c1-2-16-10-13-5-7-15(8-6-13)21(18,19)17-11-14-4-3-9-20-12-14/h5-8,14,16-17H,2-4,9-12H2,1H3. The predicted molar refractivity (Wildman–Crippen MR) is 82.6 cm³/mol. The Morgan fingerprint density at radius 2 is 2.05 bits per heavy atom. The monoisotopic (exact) mass is 312 g/mol. The molecule has 21 heavy (non-hydrogen) atoms. The number of benzene rings is 1. The fourth-order valence-electron chi connectivity index (χ4n) is 2.34. The summed E-state index contributed by atoms with van der Waals surface area (Å²) in [6, 6.07) is 7.01. The Labute approximate surface area is 127 Å². The minimum Gasteiger partial charge on any atom is -0.381 e. The Morgan fingerprint density at radius 1 is 1.29 bits per heavy atom. The normalized spacial score (nSPS) is 19.6. The van der Waals surface area contributed by atoms with Gasteiger partial charge in [0.1, 0.15) is 0 Å². The van der Waals surface area contributed by atoms with Crippen LogP contribution in [0.4, 0.5) is 0 Å². The van der Waals surface area contributed by atoms with Crippen LogP contribution >= 0.6 is 0 Å². The Kier molecular flexibility index (Phi) is 6.17. The third-order valence-electron chi connectivity index (χ3n) is 3.63. The first-order valence-electron chi connectivity index (χ1n) is 7.49. The predicted octanol–water partition coefficient (Wildman–Crippen LogP) is 1.50. The van der Waals surface area contributed by atoms with Crippen molar-refractivity contribution in [1.82, 2.24) is 10.0 Å². The van der Waals surface area contributed by atoms with Crippen LogP contribution in [0.25, 0.3) is 0 Å². The molecule has 0 amide bonds. The maximum Gasteiger partial charge on any atom is 0.240 e. The fourth-order valence-corrected chi connectivity index (χ4v) is 3.45. The minimum absolute atomic E-state index is 0.279. The molecule has 118 valence electrons. The van der Waals surface area contributed by atoms with Crippen molar-refractivity contribution in [2.24, 2.45) is 5.92 Å². The summed E-state index contributed by atoms with van der Waals surface area (Å²) in [5.74, 6) is 0.279. The van der Waals surface area contributed by atoms with Crippen molar-refractivity contribution in [3.8, 4) is 0 Å². The maximum atomic E-state index is 12.2. The van der Waals surface area contributed by atoms with E-state index in [-0.39, 0.29) is 5.92 Å². The van der Waals surface area contributed by atoms with Gasteiger partial charge in [-0.1, -0.05) is 19.1 Å². The van der Waals surface area contributed by atoms with Crippen LogP contribution in [0.2, 0.25) is 0 Å². The molecule has 0 spiro atoms. The summed E-state index contributed by atoms with van der Waals surface area (Å²) in [4.78, 5) is 0.319. The molecule has 0 aliphatic carbocycles. The van der Waals surface area contributed by atoms with Crippen LogP contribution in [-0.4, -0.2) is 34.7 Å². The quantitative estimate of drug-likeness (QED) is 0.801. The second kappa shape index (κ2) is 7.89. The lowest BCUT2D eigenvalue weighted by molar-refractivity contribution is 0.0568. The Hall–Kier alpha value is -0.950. The molecule has 2 rings (SSSR count). The first kappa shape index (κ1) is 16.4. The highest BCUT2D eigenvalue weighted by atomic mass is 32.2. The lowest BCUT2D eigenvalue weighted by Gasteiger charge is -2.22. The molecule has 0 bridgehead atoms. The van der Waals surface area contributed by atoms with Gasteiger partial charge in [0, 0.05) is 19.7 Å². The summed E-state index contributed by atoms with van der Waals surface area (Å²) in [5, 5.41) is 3.21. The van der Waals surface area contributed by atoms with Gasteiger partial charge in [-0.3, -0.25) is 0 Å². The van der Waals surface area contributed by atoms with Crippen molar-refractivity contribution < 1.29 is 13.2 Å². The van der Waals surface area contributed by atoms with Gasteiger partial charge in [0.25, 0.3) is 0 Å². The molecule has 0 saturated carbocycles. The molecule has 1 aromatic carbocycles. The van der Waals surface area contributed by atoms with Crippen LogP contribution in [0, 0.1) is 5.92 Å². The summed E-state index contributed by atoms with van der Waals surface area (Å²) in [6.45, 7) is 5.56. The zero-order valence-corrected chi connectivity index (χ0v) is 13.3. The van der Waals surface area contributed by atoms with Crippen LogP contribution in [0.3, 0.4) is 0 Å². The zero-order chi connectivity index (χ0) is 15.1. The second-order valence-electron chi connectivity index (χ2n) is 5.36. The van der Waals surface area contributed by atoms with E-state index in [0.29, 0.717) is 18.0 Å². The summed E-state index contributed by atoms with van der Waals surface area (Å²) < 4.78 is 32.5. The SMILES string of the molecule is CCNCc1ccc(S(=O)(=O)NCC2CCCOC2)cc1. The van der Waals surface area contributed by atoms with Crippen molar-refractivity contribution in [2.75, 3.05) is 26.3 Å². The van der Waals surface area contributed by atoms with Gasteiger partial charge in [0.15, 0.2) is 0 Å². The van der Waals surface area contributed by atoms with Gasteiger partial charge in [0.2, 0.25) is 10.0 Å². The number of rotatable bonds is 7. The topological polar surface area (TPSA) is 67.4 Å². The van der Waals surface area contributed by atoms with E-state index in [0.717, 1.165) is 38.1 Å². The first-order chi connectivity index (χ1) is 10.1. The smallest absolute Gasteiger partial charge is 0.240 e. The van der Waals surface area contributed by atoms with Gasteiger partial charge in [-0.2, -0.15) is 0 Å². The van der Waals surface area contributed by atoms with E-state index < -0.39 is 10.0 Å². The molecule has 1 unspecified atom stereocenters. The van der Waals surface area contributed by atoms with E-state index in [1.54, 1.807) is 12.1 Å². The molecule has 1 atom stereocenters. The average Bonchev–Trinajstić information content (AvgIpc) is 2.52. The highest BCUT2D eigenvalue weighted by Gasteiger charge is 2.19. The molecule has 0 aromatic heterocycles. The molecule has 6 heteroatoms. The van der Waals surface area contributed by atoms with Crippen LogP contribution in [0.1, 0.15) is 25.3 Å². The largest absolute Gasteiger partial charge is 0.381 e. The summed E-state index contributed by atoms with van der Waals surface area (Å²) in [7, 11) is -3.42. The molecule has 1 aliphatic rings. The van der Waals surface area contributed by atoms with E-state index in [9.17, 15) is 8.42 Å². The number of nitrogens with one attached hydrogen (secondary N) is 2. The molecular weight excluding hydrogens is 288 g/mol. The fraction of sp³-hybridized carbons (Fsp3) is 0.600. The first-order valence-corrected chi connectivity index (χ1v) is 8.97. The van der Waals surface area contributed by atoms with Crippen LogP contribution < -0.4 is 10.0 Å². The number of hydrogen-bond donors (Lipinski definition) is 2. The van der Waals surface area contributed by atoms with Crippen molar-refractivity contribution in [2.45, 2.75) is 31.2 Å². The van der Waals surface area contributed by atoms with Gasteiger partial charge in [-0.25, -0.2) is 13.1 Å². The van der Waals surface area contributed by atoms with Crippen LogP contribution in [0.15, 0.2) is 29.2 Å². The molecule has 2 N–H and O–H groups in total. The van der Waals surface area contributed by atoms with E-state index in [1.165, 1.54) is 0 Å². The zero-order valence-electron chi connectivity index (χ0n) is 12.5. The van der Waals surface area contributed by atoms with Crippen LogP contribution in [-0.2, 0) is 21.3 Å². The second-order valence-corrected chi connectivity index (χ2v) is 7.13. The van der Waals surface area contributed by atoms with Gasteiger partial charge in [-0.05, 0) is 43.0 Å². The van der Waals surface area contributed by atoms with Gasteiger partial charge in [0.05, 0.1) is 11.5 Å². The van der Waals surface area contributed by atoms with Gasteiger partial charge >= 0.3 is 0 Å². The van der Waals surface area contributed by atoms with E-state index in [2.05, 4.69) is 10.0 Å².